The third-order valence-corrected chi connectivity index (χ3v) is 3.66. The molecule has 3 rings (SSSR count). The van der Waals surface area contributed by atoms with Crippen molar-refractivity contribution in [1.29, 1.82) is 0 Å². The fraction of sp³-hybridized carbons (Fsp3) is 0.733. The first kappa shape index (κ1) is 12.9. The van der Waals surface area contributed by atoms with Crippen LogP contribution in [0.3, 0.4) is 0 Å². The van der Waals surface area contributed by atoms with Gasteiger partial charge in [0.2, 0.25) is 0 Å². The largest absolute Gasteiger partial charge is 0.352 e. The molecule has 1 heterocycles. The Bertz CT molecular complexity index is 424. The summed E-state index contributed by atoms with van der Waals surface area (Å²) in [5, 5.41) is 3.50. The van der Waals surface area contributed by atoms with Crippen molar-refractivity contribution >= 4 is 5.82 Å². The SMILES string of the molecule is CC(C)CN(c1cncc(CNC2CC2)n1)C1CC1. The Labute approximate surface area is 115 Å². The van der Waals surface area contributed by atoms with Gasteiger partial charge in [-0.1, -0.05) is 13.8 Å². The molecule has 0 atom stereocenters. The van der Waals surface area contributed by atoms with E-state index in [4.69, 9.17) is 4.98 Å². The first-order valence-electron chi connectivity index (χ1n) is 7.53. The lowest BCUT2D eigenvalue weighted by molar-refractivity contribution is 0.598. The van der Waals surface area contributed by atoms with E-state index in [-0.39, 0.29) is 0 Å². The van der Waals surface area contributed by atoms with Gasteiger partial charge in [0.1, 0.15) is 5.82 Å². The first-order chi connectivity index (χ1) is 9.22. The molecule has 1 aromatic heterocycles. The molecule has 2 fully saturated rings. The summed E-state index contributed by atoms with van der Waals surface area (Å²) in [7, 11) is 0. The Hall–Kier alpha value is -1.16. The van der Waals surface area contributed by atoms with Gasteiger partial charge in [0, 0.05) is 31.4 Å². The zero-order valence-corrected chi connectivity index (χ0v) is 12.0. The Morgan fingerprint density at radius 1 is 1.26 bits per heavy atom. The maximum Gasteiger partial charge on any atom is 0.147 e. The fourth-order valence-corrected chi connectivity index (χ4v) is 2.36. The van der Waals surface area contributed by atoms with E-state index in [1.54, 1.807) is 0 Å². The highest BCUT2D eigenvalue weighted by Crippen LogP contribution is 2.31. The summed E-state index contributed by atoms with van der Waals surface area (Å²) < 4.78 is 0. The molecule has 0 amide bonds. The van der Waals surface area contributed by atoms with Gasteiger partial charge in [-0.2, -0.15) is 0 Å². The first-order valence-corrected chi connectivity index (χ1v) is 7.53. The van der Waals surface area contributed by atoms with Crippen LogP contribution in [0.15, 0.2) is 12.4 Å². The van der Waals surface area contributed by atoms with Gasteiger partial charge >= 0.3 is 0 Å². The third kappa shape index (κ3) is 3.66. The highest BCUT2D eigenvalue weighted by molar-refractivity contribution is 5.39. The van der Waals surface area contributed by atoms with Crippen LogP contribution in [0.4, 0.5) is 5.82 Å². The summed E-state index contributed by atoms with van der Waals surface area (Å²) in [6.07, 6.45) is 9.04. The average molecular weight is 260 g/mol. The molecule has 104 valence electrons. The molecule has 0 bridgehead atoms. The van der Waals surface area contributed by atoms with Crippen LogP contribution in [0.1, 0.15) is 45.2 Å². The minimum atomic E-state index is 0.663. The molecule has 0 saturated heterocycles. The van der Waals surface area contributed by atoms with Crippen LogP contribution in [0, 0.1) is 5.92 Å². The Kier molecular flexibility index (Phi) is 3.69. The molecule has 1 aromatic rings. The molecule has 0 aromatic carbocycles. The molecule has 0 aliphatic heterocycles. The predicted molar refractivity (Wildman–Crippen MR) is 77.1 cm³/mol. The van der Waals surface area contributed by atoms with Gasteiger partial charge < -0.3 is 10.2 Å². The topological polar surface area (TPSA) is 41.1 Å². The van der Waals surface area contributed by atoms with E-state index in [0.29, 0.717) is 12.0 Å². The van der Waals surface area contributed by atoms with E-state index in [0.717, 1.165) is 30.6 Å². The monoisotopic (exact) mass is 260 g/mol. The van der Waals surface area contributed by atoms with E-state index in [2.05, 4.69) is 29.0 Å². The third-order valence-electron chi connectivity index (χ3n) is 3.66. The number of hydrogen-bond donors (Lipinski definition) is 1. The van der Waals surface area contributed by atoms with Crippen LogP contribution in [-0.2, 0) is 6.54 Å². The lowest BCUT2D eigenvalue weighted by Crippen LogP contribution is -2.31. The van der Waals surface area contributed by atoms with Gasteiger partial charge in [-0.05, 0) is 31.6 Å². The summed E-state index contributed by atoms with van der Waals surface area (Å²) in [5.74, 6) is 1.72. The van der Waals surface area contributed by atoms with E-state index < -0.39 is 0 Å². The summed E-state index contributed by atoms with van der Waals surface area (Å²) in [6, 6.07) is 1.42. The molecule has 0 spiro atoms. The number of anilines is 1. The summed E-state index contributed by atoms with van der Waals surface area (Å²) in [5.41, 5.74) is 1.07. The molecular formula is C15H24N4. The lowest BCUT2D eigenvalue weighted by atomic mass is 10.2. The van der Waals surface area contributed by atoms with Gasteiger partial charge in [0.25, 0.3) is 0 Å². The fourth-order valence-electron chi connectivity index (χ4n) is 2.36. The van der Waals surface area contributed by atoms with Crippen molar-refractivity contribution in [3.63, 3.8) is 0 Å². The van der Waals surface area contributed by atoms with Crippen molar-refractivity contribution in [2.45, 2.75) is 58.2 Å². The van der Waals surface area contributed by atoms with Crippen LogP contribution < -0.4 is 10.2 Å². The number of nitrogens with zero attached hydrogens (tertiary/aromatic N) is 3. The molecule has 0 unspecified atom stereocenters. The quantitative estimate of drug-likeness (QED) is 0.817. The van der Waals surface area contributed by atoms with Crippen molar-refractivity contribution in [3.05, 3.63) is 18.1 Å². The lowest BCUT2D eigenvalue weighted by Gasteiger charge is -2.25. The minimum Gasteiger partial charge on any atom is -0.352 e. The van der Waals surface area contributed by atoms with Crippen molar-refractivity contribution in [1.82, 2.24) is 15.3 Å². The summed E-state index contributed by atoms with van der Waals surface area (Å²) >= 11 is 0. The Morgan fingerprint density at radius 3 is 2.68 bits per heavy atom. The van der Waals surface area contributed by atoms with Gasteiger partial charge in [-0.15, -0.1) is 0 Å². The van der Waals surface area contributed by atoms with Crippen LogP contribution in [0.25, 0.3) is 0 Å². The Morgan fingerprint density at radius 2 is 2.05 bits per heavy atom. The molecule has 4 heteroatoms. The molecular weight excluding hydrogens is 236 g/mol. The van der Waals surface area contributed by atoms with Crippen LogP contribution >= 0.6 is 0 Å². The van der Waals surface area contributed by atoms with Crippen LogP contribution in [-0.4, -0.2) is 28.6 Å². The van der Waals surface area contributed by atoms with Gasteiger partial charge in [0.15, 0.2) is 0 Å². The molecule has 2 aliphatic rings. The highest BCUT2D eigenvalue weighted by Gasteiger charge is 2.30. The van der Waals surface area contributed by atoms with Crippen molar-refractivity contribution in [2.75, 3.05) is 11.4 Å². The molecule has 2 aliphatic carbocycles. The van der Waals surface area contributed by atoms with Crippen molar-refractivity contribution in [3.8, 4) is 0 Å². The normalized spacial score (nSPS) is 18.9. The summed E-state index contributed by atoms with van der Waals surface area (Å²) in [4.78, 5) is 11.6. The second kappa shape index (κ2) is 5.45. The molecule has 1 N–H and O–H groups in total. The second-order valence-electron chi connectivity index (χ2n) is 6.30. The minimum absolute atomic E-state index is 0.663. The molecule has 2 saturated carbocycles. The van der Waals surface area contributed by atoms with E-state index in [1.165, 1.54) is 25.7 Å². The number of rotatable bonds is 7. The maximum absolute atomic E-state index is 4.79. The molecule has 4 nitrogen and oxygen atoms in total. The van der Waals surface area contributed by atoms with Crippen molar-refractivity contribution in [2.24, 2.45) is 5.92 Å². The summed E-state index contributed by atoms with van der Waals surface area (Å²) in [6.45, 7) is 6.47. The van der Waals surface area contributed by atoms with Gasteiger partial charge in [-0.25, -0.2) is 4.98 Å². The predicted octanol–water partition coefficient (Wildman–Crippen LogP) is 2.35. The Balaban J connectivity index is 1.68. The average Bonchev–Trinajstić information content (AvgIpc) is 3.27. The van der Waals surface area contributed by atoms with E-state index >= 15 is 0 Å². The smallest absolute Gasteiger partial charge is 0.147 e. The van der Waals surface area contributed by atoms with Gasteiger partial charge in [-0.3, -0.25) is 4.98 Å². The number of nitrogens with one attached hydrogen (secondary N) is 1. The number of aromatic nitrogens is 2. The standard InChI is InChI=1S/C15H24N4/c1-11(2)10-19(14-5-6-14)15-9-16-7-13(18-15)8-17-12-3-4-12/h7,9,11-12,14,17H,3-6,8,10H2,1-2H3. The molecule has 19 heavy (non-hydrogen) atoms. The van der Waals surface area contributed by atoms with Gasteiger partial charge in [0.05, 0.1) is 11.9 Å². The van der Waals surface area contributed by atoms with E-state index in [9.17, 15) is 0 Å². The van der Waals surface area contributed by atoms with Crippen LogP contribution in [0.5, 0.6) is 0 Å². The highest BCUT2D eigenvalue weighted by atomic mass is 15.2. The van der Waals surface area contributed by atoms with Crippen molar-refractivity contribution < 1.29 is 0 Å². The molecule has 0 radical (unpaired) electrons. The number of hydrogen-bond acceptors (Lipinski definition) is 4. The van der Waals surface area contributed by atoms with E-state index in [1.807, 2.05) is 12.4 Å². The second-order valence-corrected chi connectivity index (χ2v) is 6.30. The van der Waals surface area contributed by atoms with Crippen LogP contribution in [0.2, 0.25) is 0 Å². The zero-order chi connectivity index (χ0) is 13.2. The maximum atomic E-state index is 4.79. The zero-order valence-electron chi connectivity index (χ0n) is 12.0.